The second-order valence-corrected chi connectivity index (χ2v) is 10.7. The third-order valence-electron chi connectivity index (χ3n) is 4.14. The van der Waals surface area contributed by atoms with E-state index in [1.807, 2.05) is 4.90 Å². The second kappa shape index (κ2) is 5.75. The Hall–Kier alpha value is -1.12. The number of hydrogen-bond donors (Lipinski definition) is 1. The van der Waals surface area contributed by atoms with Gasteiger partial charge in [0.1, 0.15) is 0 Å². The van der Waals surface area contributed by atoms with Crippen LogP contribution in [-0.2, 0) is 19.7 Å². The topological polar surface area (TPSA) is 91.8 Å². The molecule has 1 saturated heterocycles. The Labute approximate surface area is 138 Å². The highest BCUT2D eigenvalue weighted by atomic mass is 32.2. The molecule has 0 radical (unpaired) electrons. The van der Waals surface area contributed by atoms with Crippen LogP contribution < -0.4 is 4.90 Å². The quantitative estimate of drug-likeness (QED) is 0.867. The van der Waals surface area contributed by atoms with Gasteiger partial charge in [-0.25, -0.2) is 16.8 Å². The van der Waals surface area contributed by atoms with E-state index in [0.717, 1.165) is 25.4 Å². The summed E-state index contributed by atoms with van der Waals surface area (Å²) < 4.78 is 47.8. The molecule has 0 amide bonds. The second-order valence-electron chi connectivity index (χ2n) is 6.68. The number of rotatable bonds is 4. The highest BCUT2D eigenvalue weighted by molar-refractivity contribution is 7.91. The Morgan fingerprint density at radius 2 is 1.74 bits per heavy atom. The van der Waals surface area contributed by atoms with Crippen LogP contribution in [0.1, 0.15) is 26.7 Å². The van der Waals surface area contributed by atoms with E-state index in [-0.39, 0.29) is 15.8 Å². The van der Waals surface area contributed by atoms with E-state index in [9.17, 15) is 21.9 Å². The summed E-state index contributed by atoms with van der Waals surface area (Å²) in [7, 11) is -7.11. The summed E-state index contributed by atoms with van der Waals surface area (Å²) >= 11 is 0. The summed E-state index contributed by atoms with van der Waals surface area (Å²) in [6.45, 7) is 4.01. The Bertz CT molecular complexity index is 807. The summed E-state index contributed by atoms with van der Waals surface area (Å²) in [6, 6.07) is 3.93. The molecular formula is C15H23NO5S2. The highest BCUT2D eigenvalue weighted by Crippen LogP contribution is 2.36. The van der Waals surface area contributed by atoms with Gasteiger partial charge in [-0.2, -0.15) is 0 Å². The molecule has 1 fully saturated rings. The maximum absolute atomic E-state index is 12.2. The number of aliphatic hydroxyl groups is 1. The molecule has 1 aliphatic heterocycles. The predicted octanol–water partition coefficient (Wildman–Crippen LogP) is 1.23. The van der Waals surface area contributed by atoms with Gasteiger partial charge in [0.15, 0.2) is 19.7 Å². The van der Waals surface area contributed by atoms with Crippen molar-refractivity contribution in [3.05, 3.63) is 18.2 Å². The smallest absolute Gasteiger partial charge is 0.177 e. The predicted molar refractivity (Wildman–Crippen MR) is 89.3 cm³/mol. The van der Waals surface area contributed by atoms with Gasteiger partial charge in [-0.15, -0.1) is 0 Å². The standard InChI is InChI=1S/C15H23NO5S2/c1-15(2,17)14-6-5-9-16(14)12-8-7-11(22(3,18)19)10-13(12)23(4,20)21/h7-8,10,14,17H,5-6,9H2,1-4H3/t14-/m1/s1. The fraction of sp³-hybridized carbons (Fsp3) is 0.600. The normalized spacial score (nSPS) is 20.0. The molecule has 1 aliphatic rings. The van der Waals surface area contributed by atoms with Crippen molar-refractivity contribution < 1.29 is 21.9 Å². The molecule has 8 heteroatoms. The lowest BCUT2D eigenvalue weighted by Gasteiger charge is -2.36. The van der Waals surface area contributed by atoms with Gasteiger partial charge in [-0.05, 0) is 44.9 Å². The van der Waals surface area contributed by atoms with Crippen LogP contribution in [0, 0.1) is 0 Å². The van der Waals surface area contributed by atoms with Crippen LogP contribution in [0.4, 0.5) is 5.69 Å². The molecule has 1 aromatic rings. The van der Waals surface area contributed by atoms with Crippen LogP contribution >= 0.6 is 0 Å². The highest BCUT2D eigenvalue weighted by Gasteiger charge is 2.37. The average Bonchev–Trinajstić information content (AvgIpc) is 2.84. The fourth-order valence-corrected chi connectivity index (χ4v) is 4.68. The zero-order chi connectivity index (χ0) is 17.6. The number of anilines is 1. The first-order chi connectivity index (χ1) is 10.3. The number of benzene rings is 1. The van der Waals surface area contributed by atoms with Crippen LogP contribution in [-0.4, -0.2) is 52.6 Å². The molecule has 1 aromatic carbocycles. The summed E-state index contributed by atoms with van der Waals surface area (Å²) in [5, 5.41) is 10.3. The first kappa shape index (κ1) is 18.2. The zero-order valence-electron chi connectivity index (χ0n) is 13.8. The minimum atomic E-state index is -3.61. The van der Waals surface area contributed by atoms with Gasteiger partial charge < -0.3 is 10.0 Å². The Morgan fingerprint density at radius 3 is 2.22 bits per heavy atom. The maximum atomic E-state index is 12.2. The number of sulfone groups is 2. The molecule has 0 aliphatic carbocycles. The van der Waals surface area contributed by atoms with Crippen molar-refractivity contribution in [3.8, 4) is 0 Å². The molecule has 0 aromatic heterocycles. The SMILES string of the molecule is CC(C)(O)[C@H]1CCCN1c1ccc(S(C)(=O)=O)cc1S(C)(=O)=O. The van der Waals surface area contributed by atoms with Crippen LogP contribution in [0.3, 0.4) is 0 Å². The van der Waals surface area contributed by atoms with E-state index in [1.165, 1.54) is 18.2 Å². The van der Waals surface area contributed by atoms with Gasteiger partial charge in [0, 0.05) is 19.1 Å². The molecule has 0 saturated carbocycles. The van der Waals surface area contributed by atoms with Gasteiger partial charge in [0.05, 0.1) is 27.1 Å². The minimum Gasteiger partial charge on any atom is -0.388 e. The third kappa shape index (κ3) is 3.87. The van der Waals surface area contributed by atoms with Gasteiger partial charge in [0.2, 0.25) is 0 Å². The molecule has 0 bridgehead atoms. The van der Waals surface area contributed by atoms with Gasteiger partial charge in [-0.3, -0.25) is 0 Å². The molecule has 130 valence electrons. The summed E-state index contributed by atoms with van der Waals surface area (Å²) in [5.41, 5.74) is -0.537. The van der Waals surface area contributed by atoms with E-state index >= 15 is 0 Å². The molecule has 1 N–H and O–H groups in total. The van der Waals surface area contributed by atoms with Crippen molar-refractivity contribution in [1.29, 1.82) is 0 Å². The van der Waals surface area contributed by atoms with Crippen molar-refractivity contribution in [3.63, 3.8) is 0 Å². The van der Waals surface area contributed by atoms with E-state index in [4.69, 9.17) is 0 Å². The van der Waals surface area contributed by atoms with Crippen LogP contribution in [0.5, 0.6) is 0 Å². The van der Waals surface area contributed by atoms with E-state index in [2.05, 4.69) is 0 Å². The first-order valence-electron chi connectivity index (χ1n) is 7.35. The van der Waals surface area contributed by atoms with Gasteiger partial charge in [0.25, 0.3) is 0 Å². The molecule has 6 nitrogen and oxygen atoms in total. The van der Waals surface area contributed by atoms with Crippen LogP contribution in [0.15, 0.2) is 28.0 Å². The van der Waals surface area contributed by atoms with Crippen molar-refractivity contribution in [2.45, 2.75) is 48.1 Å². The van der Waals surface area contributed by atoms with Crippen molar-refractivity contribution >= 4 is 25.4 Å². The van der Waals surface area contributed by atoms with Gasteiger partial charge in [-0.1, -0.05) is 0 Å². The lowest BCUT2D eigenvalue weighted by atomic mass is 9.96. The van der Waals surface area contributed by atoms with Crippen molar-refractivity contribution in [2.75, 3.05) is 24.0 Å². The average molecular weight is 361 g/mol. The molecule has 0 unspecified atom stereocenters. The lowest BCUT2D eigenvalue weighted by Crippen LogP contribution is -2.46. The van der Waals surface area contributed by atoms with Crippen molar-refractivity contribution in [1.82, 2.24) is 0 Å². The van der Waals surface area contributed by atoms with E-state index in [1.54, 1.807) is 13.8 Å². The first-order valence-corrected chi connectivity index (χ1v) is 11.1. The zero-order valence-corrected chi connectivity index (χ0v) is 15.4. The maximum Gasteiger partial charge on any atom is 0.177 e. The monoisotopic (exact) mass is 361 g/mol. The molecule has 1 heterocycles. The Balaban J connectivity index is 2.63. The van der Waals surface area contributed by atoms with Gasteiger partial charge >= 0.3 is 0 Å². The van der Waals surface area contributed by atoms with E-state index in [0.29, 0.717) is 12.2 Å². The Morgan fingerprint density at radius 1 is 1.13 bits per heavy atom. The summed E-state index contributed by atoms with van der Waals surface area (Å²) in [4.78, 5) is 1.82. The largest absolute Gasteiger partial charge is 0.388 e. The molecule has 1 atom stereocenters. The molecular weight excluding hydrogens is 338 g/mol. The van der Waals surface area contributed by atoms with E-state index < -0.39 is 25.3 Å². The van der Waals surface area contributed by atoms with Crippen LogP contribution in [0.25, 0.3) is 0 Å². The number of hydrogen-bond acceptors (Lipinski definition) is 6. The molecule has 23 heavy (non-hydrogen) atoms. The van der Waals surface area contributed by atoms with Crippen LogP contribution in [0.2, 0.25) is 0 Å². The lowest BCUT2D eigenvalue weighted by molar-refractivity contribution is 0.0533. The summed E-state index contributed by atoms with van der Waals surface area (Å²) in [6.07, 6.45) is 3.70. The Kier molecular flexibility index (Phi) is 4.56. The summed E-state index contributed by atoms with van der Waals surface area (Å²) in [5.74, 6) is 0. The van der Waals surface area contributed by atoms with Crippen molar-refractivity contribution in [2.24, 2.45) is 0 Å². The minimum absolute atomic E-state index is 0.0171. The fourth-order valence-electron chi connectivity index (χ4n) is 3.05. The third-order valence-corrected chi connectivity index (χ3v) is 6.37. The molecule has 2 rings (SSSR count). The molecule has 0 spiro atoms. The number of nitrogens with zero attached hydrogens (tertiary/aromatic N) is 1.